The van der Waals surface area contributed by atoms with E-state index in [2.05, 4.69) is 11.6 Å². The van der Waals surface area contributed by atoms with Crippen molar-refractivity contribution in [3.63, 3.8) is 0 Å². The summed E-state index contributed by atoms with van der Waals surface area (Å²) in [5.74, 6) is 0.907. The van der Waals surface area contributed by atoms with E-state index >= 15 is 0 Å². The summed E-state index contributed by atoms with van der Waals surface area (Å²) in [5, 5.41) is 0. The second-order valence-electron chi connectivity index (χ2n) is 7.98. The Kier molecular flexibility index (Phi) is 6.33. The third kappa shape index (κ3) is 4.55. The molecule has 0 saturated heterocycles. The van der Waals surface area contributed by atoms with Crippen molar-refractivity contribution in [3.05, 3.63) is 111 Å². The minimum atomic E-state index is -0.289. The zero-order chi connectivity index (χ0) is 24.4. The molecular weight excluding hydrogens is 463 g/mol. The molecule has 0 radical (unpaired) electrons. The van der Waals surface area contributed by atoms with Gasteiger partial charge in [0.05, 0.1) is 22.2 Å². The van der Waals surface area contributed by atoms with E-state index in [1.54, 1.807) is 22.6 Å². The molecule has 0 bridgehead atoms. The first kappa shape index (κ1) is 22.8. The Bertz CT molecular complexity index is 1640. The van der Waals surface area contributed by atoms with E-state index in [1.807, 2.05) is 49.4 Å². The zero-order valence-electron chi connectivity index (χ0n) is 19.2. The molecule has 2 heterocycles. The molecule has 3 aromatic carbocycles. The van der Waals surface area contributed by atoms with Gasteiger partial charge in [-0.2, -0.15) is 0 Å². The average Bonchev–Trinajstić information content (AvgIpc) is 3.36. The van der Waals surface area contributed by atoms with Gasteiger partial charge in [0.2, 0.25) is 0 Å². The highest BCUT2D eigenvalue weighted by Crippen LogP contribution is 2.35. The van der Waals surface area contributed by atoms with Crippen molar-refractivity contribution in [2.45, 2.75) is 20.0 Å². The summed E-state index contributed by atoms with van der Waals surface area (Å²) in [6, 6.07) is 17.7. The molecule has 0 fully saturated rings. The van der Waals surface area contributed by atoms with E-state index < -0.39 is 0 Å². The van der Waals surface area contributed by atoms with Gasteiger partial charge >= 0.3 is 0 Å². The topological polar surface area (TPSA) is 52.8 Å². The summed E-state index contributed by atoms with van der Waals surface area (Å²) in [7, 11) is 0. The molecule has 0 aliphatic heterocycles. The lowest BCUT2D eigenvalue weighted by Crippen LogP contribution is -2.22. The first-order valence-electron chi connectivity index (χ1n) is 11.3. The number of hydrogen-bond acceptors (Lipinski definition) is 5. The average molecular weight is 487 g/mol. The number of hydrogen-bond donors (Lipinski definition) is 0. The van der Waals surface area contributed by atoms with Crippen LogP contribution in [0.2, 0.25) is 0 Å². The lowest BCUT2D eigenvalue weighted by molar-refractivity contribution is 0.267. The van der Waals surface area contributed by atoms with Crippen molar-refractivity contribution in [2.24, 2.45) is 0 Å². The minimum Gasteiger partial charge on any atom is -0.490 e. The van der Waals surface area contributed by atoms with Crippen molar-refractivity contribution in [3.8, 4) is 11.5 Å². The van der Waals surface area contributed by atoms with Crippen molar-refractivity contribution < 1.29 is 13.9 Å². The molecule has 0 amide bonds. The van der Waals surface area contributed by atoms with Crippen LogP contribution in [-0.2, 0) is 13.0 Å². The molecule has 2 aromatic heterocycles. The first-order chi connectivity index (χ1) is 17.1. The van der Waals surface area contributed by atoms with E-state index in [4.69, 9.17) is 9.47 Å². The van der Waals surface area contributed by atoms with E-state index in [0.717, 1.165) is 27.7 Å². The van der Waals surface area contributed by atoms with Gasteiger partial charge in [0.25, 0.3) is 5.56 Å². The van der Waals surface area contributed by atoms with Crippen LogP contribution >= 0.6 is 11.3 Å². The fourth-order valence-electron chi connectivity index (χ4n) is 4.00. The van der Waals surface area contributed by atoms with Gasteiger partial charge < -0.3 is 9.47 Å². The smallest absolute Gasteiger partial charge is 0.274 e. The maximum absolute atomic E-state index is 13.3. The highest BCUT2D eigenvalue weighted by Gasteiger charge is 2.15. The quantitative estimate of drug-likeness (QED) is 0.279. The summed E-state index contributed by atoms with van der Waals surface area (Å²) >= 11 is 1.36. The van der Waals surface area contributed by atoms with Crippen LogP contribution in [0.15, 0.2) is 78.1 Å². The number of nitrogens with zero attached hydrogens (tertiary/aromatic N) is 2. The number of rotatable bonds is 8. The number of benzene rings is 3. The van der Waals surface area contributed by atoms with Gasteiger partial charge in [-0.1, -0.05) is 41.7 Å². The molecule has 0 aliphatic rings. The molecule has 7 heteroatoms. The standard InChI is InChI=1S/C28H23FN2O3S/c1-3-7-20-14-19(15-24(33-4-2)26(20)34-17-18-10-12-21(29)13-11-18)16-25-27(32)31-23-9-6-5-8-22(23)30-28(31)35-25/h3,5-6,8-16H,1,4,7,17H2,2H3/b25-16-. The molecule has 35 heavy (non-hydrogen) atoms. The number of thiazole rings is 1. The molecule has 0 N–H and O–H groups in total. The Labute approximate surface area is 205 Å². The largest absolute Gasteiger partial charge is 0.490 e. The highest BCUT2D eigenvalue weighted by atomic mass is 32.1. The predicted octanol–water partition coefficient (Wildman–Crippen LogP) is 5.30. The van der Waals surface area contributed by atoms with Crippen LogP contribution in [0.3, 0.4) is 0 Å². The minimum absolute atomic E-state index is 0.0985. The van der Waals surface area contributed by atoms with Crippen molar-refractivity contribution in [1.29, 1.82) is 0 Å². The maximum atomic E-state index is 13.3. The third-order valence-corrected chi connectivity index (χ3v) is 6.53. The Morgan fingerprint density at radius 1 is 1.11 bits per heavy atom. The van der Waals surface area contributed by atoms with Crippen LogP contribution in [0.1, 0.15) is 23.6 Å². The van der Waals surface area contributed by atoms with Gasteiger partial charge in [-0.05, 0) is 66.9 Å². The zero-order valence-corrected chi connectivity index (χ0v) is 20.0. The number of para-hydroxylation sites is 2. The second kappa shape index (κ2) is 9.72. The van der Waals surface area contributed by atoms with Gasteiger partial charge in [0.15, 0.2) is 16.5 Å². The molecule has 0 saturated carbocycles. The van der Waals surface area contributed by atoms with Gasteiger partial charge in [0.1, 0.15) is 12.4 Å². The van der Waals surface area contributed by atoms with Crippen LogP contribution in [0.5, 0.6) is 11.5 Å². The van der Waals surface area contributed by atoms with Gasteiger partial charge in [0, 0.05) is 5.56 Å². The number of imidazole rings is 1. The lowest BCUT2D eigenvalue weighted by Gasteiger charge is -2.17. The molecule has 5 nitrogen and oxygen atoms in total. The fourth-order valence-corrected chi connectivity index (χ4v) is 4.99. The number of ether oxygens (including phenoxy) is 2. The van der Waals surface area contributed by atoms with Crippen molar-refractivity contribution >= 4 is 33.4 Å². The van der Waals surface area contributed by atoms with Gasteiger partial charge in [-0.25, -0.2) is 13.8 Å². The number of aromatic nitrogens is 2. The SMILES string of the molecule is C=CCc1cc(/C=c2\sc3nc4ccccc4n3c2=O)cc(OCC)c1OCc1ccc(F)cc1. The van der Waals surface area contributed by atoms with Crippen LogP contribution in [0.4, 0.5) is 4.39 Å². The Morgan fingerprint density at radius 2 is 1.91 bits per heavy atom. The summed E-state index contributed by atoms with van der Waals surface area (Å²) in [5.41, 5.74) is 4.06. The van der Waals surface area contributed by atoms with Crippen molar-refractivity contribution in [1.82, 2.24) is 9.38 Å². The second-order valence-corrected chi connectivity index (χ2v) is 8.99. The molecule has 0 unspecified atom stereocenters. The Hall–Kier alpha value is -3.97. The normalized spacial score (nSPS) is 11.9. The molecule has 5 rings (SSSR count). The summed E-state index contributed by atoms with van der Waals surface area (Å²) in [6.07, 6.45) is 4.21. The van der Waals surface area contributed by atoms with Crippen LogP contribution in [0, 0.1) is 5.82 Å². The fraction of sp³-hybridized carbons (Fsp3) is 0.143. The molecule has 5 aromatic rings. The van der Waals surface area contributed by atoms with Gasteiger partial charge in [-0.3, -0.25) is 4.79 Å². The van der Waals surface area contributed by atoms with E-state index in [1.165, 1.54) is 23.5 Å². The first-order valence-corrected chi connectivity index (χ1v) is 12.1. The third-order valence-electron chi connectivity index (χ3n) is 5.56. The Morgan fingerprint density at radius 3 is 2.69 bits per heavy atom. The Balaban J connectivity index is 1.57. The monoisotopic (exact) mass is 486 g/mol. The predicted molar refractivity (Wildman–Crippen MR) is 138 cm³/mol. The molecule has 0 aliphatic carbocycles. The molecule has 0 spiro atoms. The van der Waals surface area contributed by atoms with Crippen molar-refractivity contribution in [2.75, 3.05) is 6.61 Å². The van der Waals surface area contributed by atoms with Gasteiger partial charge in [-0.15, -0.1) is 6.58 Å². The lowest BCUT2D eigenvalue weighted by atomic mass is 10.1. The summed E-state index contributed by atoms with van der Waals surface area (Å²) in [6.45, 7) is 6.50. The van der Waals surface area contributed by atoms with E-state index in [9.17, 15) is 9.18 Å². The summed E-state index contributed by atoms with van der Waals surface area (Å²) in [4.78, 5) is 18.4. The number of allylic oxidation sites excluding steroid dienone is 1. The number of fused-ring (bicyclic) bond motifs is 3. The summed E-state index contributed by atoms with van der Waals surface area (Å²) < 4.78 is 27.5. The van der Waals surface area contributed by atoms with E-state index in [0.29, 0.717) is 34.0 Å². The van der Waals surface area contributed by atoms with Crippen LogP contribution in [-0.4, -0.2) is 16.0 Å². The highest BCUT2D eigenvalue weighted by molar-refractivity contribution is 7.15. The number of halogens is 1. The molecule has 176 valence electrons. The van der Waals surface area contributed by atoms with Crippen LogP contribution < -0.4 is 19.6 Å². The molecular formula is C28H23FN2O3S. The van der Waals surface area contributed by atoms with E-state index in [-0.39, 0.29) is 18.0 Å². The molecule has 0 atom stereocenters. The maximum Gasteiger partial charge on any atom is 0.274 e. The van der Waals surface area contributed by atoms with Crippen LogP contribution in [0.25, 0.3) is 22.1 Å².